The van der Waals surface area contributed by atoms with Gasteiger partial charge >= 0.3 is 0 Å². The van der Waals surface area contributed by atoms with Gasteiger partial charge < -0.3 is 4.74 Å². The fourth-order valence-electron chi connectivity index (χ4n) is 2.17. The Hall–Kier alpha value is -1.71. The van der Waals surface area contributed by atoms with Crippen LogP contribution in [0.5, 0.6) is 0 Å². The standard InChI is InChI=1S/C20H25NOS/c1-4-5-6-10-13-18-15-23-19(21-18)20(2,3)16-22-14-17-11-8-7-9-12-17/h4,6-12,15H,1,5,13-14,16H2,2-3H3/b10-6+. The molecule has 2 nitrogen and oxygen atoms in total. The Bertz CT molecular complexity index is 628. The third kappa shape index (κ3) is 5.77. The van der Waals surface area contributed by atoms with Crippen molar-refractivity contribution in [2.75, 3.05) is 6.61 Å². The molecule has 0 bridgehead atoms. The lowest BCUT2D eigenvalue weighted by molar-refractivity contribution is 0.0823. The lowest BCUT2D eigenvalue weighted by Crippen LogP contribution is -2.24. The molecule has 1 heterocycles. The summed E-state index contributed by atoms with van der Waals surface area (Å²) in [6.07, 6.45) is 7.97. The summed E-state index contributed by atoms with van der Waals surface area (Å²) in [6.45, 7) is 9.40. The van der Waals surface area contributed by atoms with Gasteiger partial charge in [0.05, 0.1) is 18.9 Å². The molecule has 0 saturated heterocycles. The zero-order valence-corrected chi connectivity index (χ0v) is 14.8. The maximum Gasteiger partial charge on any atom is 0.101 e. The van der Waals surface area contributed by atoms with Crippen LogP contribution in [0, 0.1) is 0 Å². The van der Waals surface area contributed by atoms with Crippen molar-refractivity contribution in [3.63, 3.8) is 0 Å². The monoisotopic (exact) mass is 327 g/mol. The third-order valence-corrected chi connectivity index (χ3v) is 4.76. The SMILES string of the molecule is C=CC/C=C/Cc1csc(C(C)(C)COCc2ccccc2)n1. The van der Waals surface area contributed by atoms with Crippen LogP contribution in [0.15, 0.2) is 60.5 Å². The lowest BCUT2D eigenvalue weighted by Gasteiger charge is -2.21. The predicted octanol–water partition coefficient (Wildman–Crippen LogP) is 5.31. The van der Waals surface area contributed by atoms with Crippen LogP contribution in [-0.4, -0.2) is 11.6 Å². The summed E-state index contributed by atoms with van der Waals surface area (Å²) >= 11 is 1.72. The Morgan fingerprint density at radius 1 is 1.22 bits per heavy atom. The minimum Gasteiger partial charge on any atom is -0.376 e. The average molecular weight is 327 g/mol. The molecule has 3 heteroatoms. The van der Waals surface area contributed by atoms with Crippen molar-refractivity contribution in [1.82, 2.24) is 4.98 Å². The summed E-state index contributed by atoms with van der Waals surface area (Å²) in [5.74, 6) is 0. The summed E-state index contributed by atoms with van der Waals surface area (Å²) in [5.41, 5.74) is 2.26. The van der Waals surface area contributed by atoms with Crippen LogP contribution in [-0.2, 0) is 23.2 Å². The lowest BCUT2D eigenvalue weighted by atomic mass is 9.96. The zero-order valence-electron chi connectivity index (χ0n) is 14.0. The van der Waals surface area contributed by atoms with Crippen molar-refractivity contribution < 1.29 is 4.74 Å². The molecule has 0 aliphatic heterocycles. The third-order valence-electron chi connectivity index (χ3n) is 3.50. The first kappa shape index (κ1) is 17.6. The number of hydrogen-bond acceptors (Lipinski definition) is 3. The number of thiazole rings is 1. The van der Waals surface area contributed by atoms with Crippen LogP contribution < -0.4 is 0 Å². The van der Waals surface area contributed by atoms with E-state index in [1.54, 1.807) is 11.3 Å². The van der Waals surface area contributed by atoms with E-state index in [0.29, 0.717) is 13.2 Å². The molecule has 0 spiro atoms. The Labute approximate surface area is 143 Å². The fraction of sp³-hybridized carbons (Fsp3) is 0.350. The van der Waals surface area contributed by atoms with Crippen molar-refractivity contribution in [2.24, 2.45) is 0 Å². The van der Waals surface area contributed by atoms with E-state index in [2.05, 4.69) is 50.1 Å². The van der Waals surface area contributed by atoms with E-state index in [-0.39, 0.29) is 5.41 Å². The molecule has 23 heavy (non-hydrogen) atoms. The largest absolute Gasteiger partial charge is 0.376 e. The van der Waals surface area contributed by atoms with Gasteiger partial charge in [0.15, 0.2) is 0 Å². The number of nitrogens with zero attached hydrogens (tertiary/aromatic N) is 1. The molecule has 0 amide bonds. The van der Waals surface area contributed by atoms with Crippen LogP contribution in [0.2, 0.25) is 0 Å². The van der Waals surface area contributed by atoms with E-state index in [9.17, 15) is 0 Å². The molecular formula is C20H25NOS. The minimum atomic E-state index is -0.0669. The highest BCUT2D eigenvalue weighted by Gasteiger charge is 2.24. The van der Waals surface area contributed by atoms with Gasteiger partial charge in [-0.3, -0.25) is 0 Å². The highest BCUT2D eigenvalue weighted by molar-refractivity contribution is 7.09. The second kappa shape index (κ2) is 8.80. The van der Waals surface area contributed by atoms with Crippen molar-refractivity contribution >= 4 is 11.3 Å². The molecular weight excluding hydrogens is 302 g/mol. The molecule has 0 radical (unpaired) electrons. The highest BCUT2D eigenvalue weighted by Crippen LogP contribution is 2.27. The van der Waals surface area contributed by atoms with Crippen molar-refractivity contribution in [1.29, 1.82) is 0 Å². The van der Waals surface area contributed by atoms with Gasteiger partial charge in [-0.25, -0.2) is 4.98 Å². The second-order valence-corrected chi connectivity index (χ2v) is 7.06. The van der Waals surface area contributed by atoms with Crippen LogP contribution >= 0.6 is 11.3 Å². The van der Waals surface area contributed by atoms with Gasteiger partial charge in [0.25, 0.3) is 0 Å². The van der Waals surface area contributed by atoms with Crippen molar-refractivity contribution in [3.8, 4) is 0 Å². The van der Waals surface area contributed by atoms with Gasteiger partial charge in [-0.2, -0.15) is 0 Å². The van der Waals surface area contributed by atoms with E-state index in [0.717, 1.165) is 23.5 Å². The molecule has 2 rings (SSSR count). The van der Waals surface area contributed by atoms with Gasteiger partial charge in [-0.05, 0) is 12.0 Å². The Balaban J connectivity index is 1.86. The maximum atomic E-state index is 5.90. The number of benzene rings is 1. The molecule has 0 N–H and O–H groups in total. The first-order valence-electron chi connectivity index (χ1n) is 7.94. The van der Waals surface area contributed by atoms with Crippen LogP contribution in [0.3, 0.4) is 0 Å². The summed E-state index contributed by atoms with van der Waals surface area (Å²) in [7, 11) is 0. The van der Waals surface area contributed by atoms with Crippen molar-refractivity contribution in [3.05, 3.63) is 76.8 Å². The number of aromatic nitrogens is 1. The molecule has 0 aliphatic rings. The van der Waals surface area contributed by atoms with Gasteiger partial charge in [-0.15, -0.1) is 17.9 Å². The number of rotatable bonds is 9. The maximum absolute atomic E-state index is 5.90. The minimum absolute atomic E-state index is 0.0669. The van der Waals surface area contributed by atoms with Gasteiger partial charge in [0.2, 0.25) is 0 Å². The number of hydrogen-bond donors (Lipinski definition) is 0. The molecule has 0 aliphatic carbocycles. The smallest absolute Gasteiger partial charge is 0.101 e. The Kier molecular flexibility index (Phi) is 6.75. The van der Waals surface area contributed by atoms with Crippen LogP contribution in [0.1, 0.15) is 36.5 Å². The van der Waals surface area contributed by atoms with Gasteiger partial charge in [0, 0.05) is 17.2 Å². The Morgan fingerprint density at radius 2 is 2.00 bits per heavy atom. The van der Waals surface area contributed by atoms with Gasteiger partial charge in [0.1, 0.15) is 5.01 Å². The topological polar surface area (TPSA) is 22.1 Å². The predicted molar refractivity (Wildman–Crippen MR) is 98.9 cm³/mol. The van der Waals surface area contributed by atoms with E-state index in [1.807, 2.05) is 24.3 Å². The first-order chi connectivity index (χ1) is 11.1. The number of allylic oxidation sites excluding steroid dienone is 3. The molecule has 0 unspecified atom stereocenters. The Morgan fingerprint density at radius 3 is 2.74 bits per heavy atom. The average Bonchev–Trinajstić information content (AvgIpc) is 3.02. The molecule has 122 valence electrons. The summed E-state index contributed by atoms with van der Waals surface area (Å²) < 4.78 is 5.90. The first-order valence-corrected chi connectivity index (χ1v) is 8.82. The van der Waals surface area contributed by atoms with E-state index >= 15 is 0 Å². The van der Waals surface area contributed by atoms with E-state index < -0.39 is 0 Å². The molecule has 0 fully saturated rings. The molecule has 0 saturated carbocycles. The van der Waals surface area contributed by atoms with Crippen LogP contribution in [0.4, 0.5) is 0 Å². The van der Waals surface area contributed by atoms with Crippen molar-refractivity contribution in [2.45, 2.75) is 38.7 Å². The number of ether oxygens (including phenoxy) is 1. The second-order valence-electron chi connectivity index (χ2n) is 6.21. The summed E-state index contributed by atoms with van der Waals surface area (Å²) in [5, 5.41) is 3.28. The molecule has 1 aromatic heterocycles. The van der Waals surface area contributed by atoms with E-state index in [4.69, 9.17) is 9.72 Å². The molecule has 1 aromatic carbocycles. The fourth-order valence-corrected chi connectivity index (χ4v) is 3.11. The van der Waals surface area contributed by atoms with Gasteiger partial charge in [-0.1, -0.05) is 62.4 Å². The van der Waals surface area contributed by atoms with E-state index in [1.165, 1.54) is 5.56 Å². The normalized spacial score (nSPS) is 11.9. The van der Waals surface area contributed by atoms with Crippen LogP contribution in [0.25, 0.3) is 0 Å². The summed E-state index contributed by atoms with van der Waals surface area (Å²) in [6, 6.07) is 10.3. The highest BCUT2D eigenvalue weighted by atomic mass is 32.1. The molecule has 2 aromatic rings. The molecule has 0 atom stereocenters. The zero-order chi connectivity index (χ0) is 16.5. The summed E-state index contributed by atoms with van der Waals surface area (Å²) in [4.78, 5) is 4.77. The quantitative estimate of drug-likeness (QED) is 0.582.